The van der Waals surface area contributed by atoms with E-state index in [1.807, 2.05) is 13.8 Å². The Morgan fingerprint density at radius 3 is 2.52 bits per heavy atom. The summed E-state index contributed by atoms with van der Waals surface area (Å²) in [5.41, 5.74) is -0.424. The Labute approximate surface area is 124 Å². The second kappa shape index (κ2) is 6.86. The molecule has 0 unspecified atom stereocenters. The van der Waals surface area contributed by atoms with Crippen molar-refractivity contribution in [2.24, 2.45) is 0 Å². The topological polar surface area (TPSA) is 88.5 Å². The molecule has 0 spiro atoms. The molecule has 7 nitrogen and oxygen atoms in total. The van der Waals surface area contributed by atoms with Crippen molar-refractivity contribution in [1.82, 2.24) is 14.2 Å². The quantitative estimate of drug-likeness (QED) is 0.801. The molecule has 0 aliphatic heterocycles. The van der Waals surface area contributed by atoms with Gasteiger partial charge in [-0.05, 0) is 19.4 Å². The minimum atomic E-state index is -3.64. The predicted molar refractivity (Wildman–Crippen MR) is 79.5 cm³/mol. The van der Waals surface area contributed by atoms with E-state index in [2.05, 4.69) is 5.32 Å². The largest absolute Gasteiger partial charge is 0.352 e. The summed E-state index contributed by atoms with van der Waals surface area (Å²) < 4.78 is 26.2. The number of carbonyl (C=O) groups excluding carboxylic acids is 1. The van der Waals surface area contributed by atoms with E-state index < -0.39 is 15.6 Å². The molecular weight excluding hydrogens is 294 g/mol. The van der Waals surface area contributed by atoms with E-state index in [0.29, 0.717) is 0 Å². The Balaban J connectivity index is 3.05. The number of nitrogens with one attached hydrogen (secondary N) is 1. The van der Waals surface area contributed by atoms with Crippen molar-refractivity contribution in [3.8, 4) is 0 Å². The van der Waals surface area contributed by atoms with E-state index in [0.717, 1.165) is 21.4 Å². The minimum Gasteiger partial charge on any atom is -0.352 e. The number of nitrogens with zero attached hydrogens (tertiary/aromatic N) is 2. The monoisotopic (exact) mass is 315 g/mol. The van der Waals surface area contributed by atoms with Crippen LogP contribution < -0.4 is 10.9 Å². The third-order valence-electron chi connectivity index (χ3n) is 3.07. The van der Waals surface area contributed by atoms with Gasteiger partial charge in [0, 0.05) is 32.4 Å². The SMILES string of the molecule is CC[C@H](C)NC(=O)Cn1cc(S(=O)(=O)N(C)C)ccc1=O. The van der Waals surface area contributed by atoms with Crippen molar-refractivity contribution < 1.29 is 13.2 Å². The van der Waals surface area contributed by atoms with E-state index in [4.69, 9.17) is 0 Å². The highest BCUT2D eigenvalue weighted by atomic mass is 32.2. The average Bonchev–Trinajstić information content (AvgIpc) is 2.40. The summed E-state index contributed by atoms with van der Waals surface area (Å²) in [6, 6.07) is 2.38. The molecule has 1 N–H and O–H groups in total. The van der Waals surface area contributed by atoms with Gasteiger partial charge in [0.05, 0.1) is 4.90 Å². The van der Waals surface area contributed by atoms with Crippen LogP contribution in [0.15, 0.2) is 28.0 Å². The van der Waals surface area contributed by atoms with Crippen LogP contribution in [-0.2, 0) is 21.4 Å². The van der Waals surface area contributed by atoms with E-state index in [9.17, 15) is 18.0 Å². The lowest BCUT2D eigenvalue weighted by Gasteiger charge is -2.14. The molecule has 1 amide bonds. The number of hydrogen-bond donors (Lipinski definition) is 1. The average molecular weight is 315 g/mol. The lowest BCUT2D eigenvalue weighted by Crippen LogP contribution is -2.37. The van der Waals surface area contributed by atoms with Crippen molar-refractivity contribution in [3.05, 3.63) is 28.7 Å². The number of sulfonamides is 1. The molecule has 0 aliphatic carbocycles. The van der Waals surface area contributed by atoms with Crippen molar-refractivity contribution in [2.75, 3.05) is 14.1 Å². The Morgan fingerprint density at radius 1 is 1.38 bits per heavy atom. The first-order valence-corrected chi connectivity index (χ1v) is 8.05. The molecule has 1 aromatic heterocycles. The number of rotatable bonds is 6. The maximum absolute atomic E-state index is 12.0. The van der Waals surface area contributed by atoms with Gasteiger partial charge in [-0.2, -0.15) is 0 Å². The van der Waals surface area contributed by atoms with Crippen LogP contribution in [0.3, 0.4) is 0 Å². The van der Waals surface area contributed by atoms with Crippen LogP contribution in [-0.4, -0.2) is 43.3 Å². The molecule has 21 heavy (non-hydrogen) atoms. The Kier molecular flexibility index (Phi) is 5.68. The van der Waals surface area contributed by atoms with Gasteiger partial charge in [-0.15, -0.1) is 0 Å². The fourth-order valence-corrected chi connectivity index (χ4v) is 2.50. The molecule has 0 aliphatic rings. The number of aromatic nitrogens is 1. The zero-order valence-corrected chi connectivity index (χ0v) is 13.5. The highest BCUT2D eigenvalue weighted by molar-refractivity contribution is 7.89. The molecule has 0 saturated heterocycles. The first kappa shape index (κ1) is 17.4. The zero-order chi connectivity index (χ0) is 16.2. The van der Waals surface area contributed by atoms with E-state index in [-0.39, 0.29) is 23.4 Å². The smallest absolute Gasteiger partial charge is 0.251 e. The Morgan fingerprint density at radius 2 is 2.00 bits per heavy atom. The predicted octanol–water partition coefficient (Wildman–Crippen LogP) is 0.0133. The van der Waals surface area contributed by atoms with E-state index in [1.165, 1.54) is 26.4 Å². The van der Waals surface area contributed by atoms with Crippen molar-refractivity contribution in [3.63, 3.8) is 0 Å². The fourth-order valence-electron chi connectivity index (χ4n) is 1.57. The molecule has 1 aromatic rings. The van der Waals surface area contributed by atoms with Gasteiger partial charge in [-0.3, -0.25) is 9.59 Å². The van der Waals surface area contributed by atoms with Crippen LogP contribution in [0.4, 0.5) is 0 Å². The van der Waals surface area contributed by atoms with Crippen molar-refractivity contribution in [2.45, 2.75) is 37.8 Å². The third-order valence-corrected chi connectivity index (χ3v) is 4.87. The van der Waals surface area contributed by atoms with Gasteiger partial charge in [-0.1, -0.05) is 6.92 Å². The van der Waals surface area contributed by atoms with Crippen LogP contribution in [0.1, 0.15) is 20.3 Å². The second-order valence-electron chi connectivity index (χ2n) is 5.00. The van der Waals surface area contributed by atoms with Crippen molar-refractivity contribution >= 4 is 15.9 Å². The highest BCUT2D eigenvalue weighted by Crippen LogP contribution is 2.10. The lowest BCUT2D eigenvalue weighted by molar-refractivity contribution is -0.122. The normalized spacial score (nSPS) is 13.2. The minimum absolute atomic E-state index is 0.00175. The molecule has 8 heteroatoms. The summed E-state index contributed by atoms with van der Waals surface area (Å²) in [6.45, 7) is 3.58. The molecule has 0 saturated carbocycles. The van der Waals surface area contributed by atoms with Gasteiger partial charge < -0.3 is 9.88 Å². The van der Waals surface area contributed by atoms with Gasteiger partial charge in [0.25, 0.3) is 5.56 Å². The zero-order valence-electron chi connectivity index (χ0n) is 12.7. The van der Waals surface area contributed by atoms with Gasteiger partial charge in [-0.25, -0.2) is 12.7 Å². The van der Waals surface area contributed by atoms with Gasteiger partial charge >= 0.3 is 0 Å². The summed E-state index contributed by atoms with van der Waals surface area (Å²) in [4.78, 5) is 23.5. The standard InChI is InChI=1S/C13H21N3O4S/c1-5-10(2)14-12(17)9-16-8-11(6-7-13(16)18)21(19,20)15(3)4/h6-8,10H,5,9H2,1-4H3,(H,14,17)/t10-/m0/s1. The van der Waals surface area contributed by atoms with Gasteiger partial charge in [0.15, 0.2) is 0 Å². The molecule has 0 radical (unpaired) electrons. The Hall–Kier alpha value is -1.67. The van der Waals surface area contributed by atoms with Gasteiger partial charge in [0.1, 0.15) is 6.54 Å². The number of hydrogen-bond acceptors (Lipinski definition) is 4. The van der Waals surface area contributed by atoms with Crippen LogP contribution in [0.5, 0.6) is 0 Å². The molecular formula is C13H21N3O4S. The fraction of sp³-hybridized carbons (Fsp3) is 0.538. The van der Waals surface area contributed by atoms with Crippen LogP contribution >= 0.6 is 0 Å². The maximum atomic E-state index is 12.0. The first-order chi connectivity index (χ1) is 9.68. The summed E-state index contributed by atoms with van der Waals surface area (Å²) in [6.07, 6.45) is 1.96. The molecule has 1 heterocycles. The number of pyridine rings is 1. The van der Waals surface area contributed by atoms with E-state index in [1.54, 1.807) is 0 Å². The van der Waals surface area contributed by atoms with Crippen LogP contribution in [0, 0.1) is 0 Å². The molecule has 0 aromatic carbocycles. The maximum Gasteiger partial charge on any atom is 0.251 e. The molecule has 1 atom stereocenters. The number of carbonyl (C=O) groups is 1. The molecule has 118 valence electrons. The summed E-state index contributed by atoms with van der Waals surface area (Å²) in [5, 5.41) is 2.73. The second-order valence-corrected chi connectivity index (χ2v) is 7.15. The van der Waals surface area contributed by atoms with Crippen LogP contribution in [0.2, 0.25) is 0 Å². The summed E-state index contributed by atoms with van der Waals surface area (Å²) in [7, 11) is -0.831. The van der Waals surface area contributed by atoms with E-state index >= 15 is 0 Å². The van der Waals surface area contributed by atoms with Crippen molar-refractivity contribution in [1.29, 1.82) is 0 Å². The first-order valence-electron chi connectivity index (χ1n) is 6.61. The Bertz CT molecular complexity index is 664. The van der Waals surface area contributed by atoms with Crippen LogP contribution in [0.25, 0.3) is 0 Å². The molecule has 0 fully saturated rings. The lowest BCUT2D eigenvalue weighted by atomic mass is 10.2. The molecule has 0 bridgehead atoms. The third kappa shape index (κ3) is 4.40. The number of amides is 1. The summed E-state index contributed by atoms with van der Waals surface area (Å²) in [5.74, 6) is -0.328. The summed E-state index contributed by atoms with van der Waals surface area (Å²) >= 11 is 0. The highest BCUT2D eigenvalue weighted by Gasteiger charge is 2.18. The molecule has 1 rings (SSSR count). The van der Waals surface area contributed by atoms with Gasteiger partial charge in [0.2, 0.25) is 15.9 Å².